The van der Waals surface area contributed by atoms with Crippen LogP contribution in [0.2, 0.25) is 0 Å². The van der Waals surface area contributed by atoms with Crippen LogP contribution < -0.4 is 5.32 Å². The monoisotopic (exact) mass is 363 g/mol. The van der Waals surface area contributed by atoms with Gasteiger partial charge in [0.1, 0.15) is 11.3 Å². The molecule has 2 aromatic heterocycles. The molecular formula is C20H18FN5O. The third-order valence-electron chi connectivity index (χ3n) is 4.55. The molecule has 136 valence electrons. The summed E-state index contributed by atoms with van der Waals surface area (Å²) in [5, 5.41) is 11.8. The highest BCUT2D eigenvalue weighted by Crippen LogP contribution is 2.30. The van der Waals surface area contributed by atoms with Crippen molar-refractivity contribution in [2.24, 2.45) is 0 Å². The minimum Gasteiger partial charge on any atom is -0.324 e. The fraction of sp³-hybridized carbons (Fsp3) is 0.200. The Labute approximate surface area is 155 Å². The van der Waals surface area contributed by atoms with Crippen molar-refractivity contribution in [1.82, 2.24) is 19.7 Å². The molecule has 0 spiro atoms. The van der Waals surface area contributed by atoms with E-state index in [1.807, 2.05) is 18.4 Å². The van der Waals surface area contributed by atoms with Crippen LogP contribution in [0.15, 0.2) is 36.4 Å². The molecule has 0 aliphatic carbocycles. The topological polar surface area (TPSA) is 72.7 Å². The van der Waals surface area contributed by atoms with Gasteiger partial charge in [0.15, 0.2) is 5.65 Å². The van der Waals surface area contributed by atoms with Crippen LogP contribution in [0.25, 0.3) is 22.1 Å². The maximum Gasteiger partial charge on any atom is 0.261 e. The summed E-state index contributed by atoms with van der Waals surface area (Å²) >= 11 is 0. The average molecular weight is 363 g/mol. The van der Waals surface area contributed by atoms with Crippen LogP contribution in [-0.4, -0.2) is 25.7 Å². The van der Waals surface area contributed by atoms with Gasteiger partial charge in [-0.05, 0) is 44.5 Å². The first kappa shape index (κ1) is 17.1. The van der Waals surface area contributed by atoms with Crippen LogP contribution in [-0.2, 0) is 6.54 Å². The highest BCUT2D eigenvalue weighted by atomic mass is 19.1. The van der Waals surface area contributed by atoms with Gasteiger partial charge in [0.05, 0.1) is 11.1 Å². The number of benzene rings is 2. The van der Waals surface area contributed by atoms with Crippen LogP contribution in [0.5, 0.6) is 0 Å². The van der Waals surface area contributed by atoms with Crippen molar-refractivity contribution in [3.05, 3.63) is 58.9 Å². The molecule has 1 amide bonds. The van der Waals surface area contributed by atoms with Gasteiger partial charge in [0, 0.05) is 11.9 Å². The molecule has 1 N–H and O–H groups in total. The van der Waals surface area contributed by atoms with Crippen molar-refractivity contribution in [2.75, 3.05) is 5.32 Å². The first-order chi connectivity index (χ1) is 13.0. The molecule has 0 aliphatic heterocycles. The van der Waals surface area contributed by atoms with Crippen molar-refractivity contribution >= 4 is 33.9 Å². The number of hydrogen-bond donors (Lipinski definition) is 1. The van der Waals surface area contributed by atoms with Crippen LogP contribution in [0.4, 0.5) is 10.3 Å². The zero-order valence-electron chi connectivity index (χ0n) is 15.2. The number of nitrogens with zero attached hydrogens (tertiary/aromatic N) is 4. The number of aromatic nitrogens is 4. The fourth-order valence-electron chi connectivity index (χ4n) is 3.46. The molecule has 2 heterocycles. The van der Waals surface area contributed by atoms with Crippen molar-refractivity contribution in [3.63, 3.8) is 0 Å². The first-order valence-electron chi connectivity index (χ1n) is 8.69. The van der Waals surface area contributed by atoms with Gasteiger partial charge in [0.25, 0.3) is 11.9 Å². The summed E-state index contributed by atoms with van der Waals surface area (Å²) in [6, 6.07) is 9.94. The number of nitrogens with one attached hydrogen (secondary N) is 1. The SMILES string of the molecule is CCn1c2nc(NC(=O)c3ccccc3F)nnc2c2cc(C)cc(C)c21. The van der Waals surface area contributed by atoms with E-state index in [-0.39, 0.29) is 11.5 Å². The Bertz CT molecular complexity index is 1200. The standard InChI is InChI=1S/C20H18FN5O/c1-4-26-17-12(3)9-11(2)10-14(17)16-18(26)22-20(25-24-16)23-19(27)13-7-5-6-8-15(13)21/h5-10H,4H2,1-3H3,(H,22,23,25,27). The minimum atomic E-state index is -0.611. The Morgan fingerprint density at radius 1 is 1.19 bits per heavy atom. The second-order valence-corrected chi connectivity index (χ2v) is 6.46. The summed E-state index contributed by atoms with van der Waals surface area (Å²) in [5.41, 5.74) is 4.57. The molecule has 0 saturated carbocycles. The van der Waals surface area contributed by atoms with E-state index in [9.17, 15) is 9.18 Å². The molecule has 27 heavy (non-hydrogen) atoms. The number of carbonyl (C=O) groups excluding carboxylic acids is 1. The molecule has 0 atom stereocenters. The number of carbonyl (C=O) groups is 1. The Kier molecular flexibility index (Phi) is 4.07. The lowest BCUT2D eigenvalue weighted by molar-refractivity contribution is 0.102. The highest BCUT2D eigenvalue weighted by molar-refractivity contribution is 6.07. The Morgan fingerprint density at radius 2 is 1.96 bits per heavy atom. The molecule has 2 aromatic carbocycles. The van der Waals surface area contributed by atoms with Gasteiger partial charge in [-0.3, -0.25) is 10.1 Å². The maximum atomic E-state index is 13.8. The summed E-state index contributed by atoms with van der Waals surface area (Å²) in [4.78, 5) is 16.8. The molecule has 6 nitrogen and oxygen atoms in total. The summed E-state index contributed by atoms with van der Waals surface area (Å²) < 4.78 is 15.9. The number of rotatable bonds is 3. The minimum absolute atomic E-state index is 0.0441. The lowest BCUT2D eigenvalue weighted by Crippen LogP contribution is -2.16. The van der Waals surface area contributed by atoms with Crippen molar-refractivity contribution in [3.8, 4) is 0 Å². The Hall–Kier alpha value is -3.35. The van der Waals surface area contributed by atoms with Gasteiger partial charge >= 0.3 is 0 Å². The quantitative estimate of drug-likeness (QED) is 0.597. The van der Waals surface area contributed by atoms with E-state index in [0.717, 1.165) is 22.0 Å². The van der Waals surface area contributed by atoms with Crippen LogP contribution in [0.3, 0.4) is 0 Å². The predicted molar refractivity (Wildman–Crippen MR) is 102 cm³/mol. The van der Waals surface area contributed by atoms with Gasteiger partial charge in [0.2, 0.25) is 0 Å². The molecule has 0 unspecified atom stereocenters. The molecule has 0 fully saturated rings. The second-order valence-electron chi connectivity index (χ2n) is 6.46. The number of amides is 1. The van der Waals surface area contributed by atoms with Gasteiger partial charge < -0.3 is 4.57 Å². The largest absolute Gasteiger partial charge is 0.324 e. The lowest BCUT2D eigenvalue weighted by Gasteiger charge is -2.06. The number of hydrogen-bond acceptors (Lipinski definition) is 4. The van der Waals surface area contributed by atoms with E-state index in [4.69, 9.17) is 0 Å². The molecule has 0 saturated heterocycles. The Balaban J connectivity index is 1.83. The van der Waals surface area contributed by atoms with Gasteiger partial charge in [-0.1, -0.05) is 23.8 Å². The van der Waals surface area contributed by atoms with Crippen LogP contribution >= 0.6 is 0 Å². The lowest BCUT2D eigenvalue weighted by atomic mass is 10.1. The highest BCUT2D eigenvalue weighted by Gasteiger charge is 2.18. The molecule has 0 bridgehead atoms. The average Bonchev–Trinajstić information content (AvgIpc) is 2.95. The number of aryl methyl sites for hydroxylation is 3. The fourth-order valence-corrected chi connectivity index (χ4v) is 3.46. The third kappa shape index (κ3) is 2.81. The molecule has 0 aliphatic rings. The Morgan fingerprint density at radius 3 is 2.70 bits per heavy atom. The van der Waals surface area contributed by atoms with E-state index in [2.05, 4.69) is 39.6 Å². The summed E-state index contributed by atoms with van der Waals surface area (Å²) in [5.74, 6) is -1.17. The molecule has 7 heteroatoms. The van der Waals surface area contributed by atoms with E-state index in [1.165, 1.54) is 18.2 Å². The normalized spacial score (nSPS) is 11.3. The van der Waals surface area contributed by atoms with E-state index in [0.29, 0.717) is 17.7 Å². The van der Waals surface area contributed by atoms with Gasteiger partial charge in [-0.2, -0.15) is 4.98 Å². The predicted octanol–water partition coefficient (Wildman–Crippen LogP) is 4.01. The smallest absolute Gasteiger partial charge is 0.261 e. The summed E-state index contributed by atoms with van der Waals surface area (Å²) in [6.07, 6.45) is 0. The van der Waals surface area contributed by atoms with Crippen molar-refractivity contribution in [1.29, 1.82) is 0 Å². The van der Waals surface area contributed by atoms with Crippen molar-refractivity contribution in [2.45, 2.75) is 27.3 Å². The second kappa shape index (κ2) is 6.42. The summed E-state index contributed by atoms with van der Waals surface area (Å²) in [7, 11) is 0. The van der Waals surface area contributed by atoms with E-state index < -0.39 is 11.7 Å². The number of halogens is 1. The molecule has 4 rings (SSSR count). The van der Waals surface area contributed by atoms with Crippen LogP contribution in [0.1, 0.15) is 28.4 Å². The zero-order valence-corrected chi connectivity index (χ0v) is 15.2. The van der Waals surface area contributed by atoms with E-state index in [1.54, 1.807) is 6.07 Å². The molecule has 4 aromatic rings. The van der Waals surface area contributed by atoms with E-state index >= 15 is 0 Å². The molecule has 0 radical (unpaired) electrons. The maximum absolute atomic E-state index is 13.8. The van der Waals surface area contributed by atoms with Crippen LogP contribution in [0, 0.1) is 19.7 Å². The van der Waals surface area contributed by atoms with Gasteiger partial charge in [-0.15, -0.1) is 10.2 Å². The van der Waals surface area contributed by atoms with Gasteiger partial charge in [-0.25, -0.2) is 4.39 Å². The zero-order chi connectivity index (χ0) is 19.1. The number of anilines is 1. The van der Waals surface area contributed by atoms with Crippen molar-refractivity contribution < 1.29 is 9.18 Å². The first-order valence-corrected chi connectivity index (χ1v) is 8.69. The number of fused-ring (bicyclic) bond motifs is 3. The third-order valence-corrected chi connectivity index (χ3v) is 4.55. The summed E-state index contributed by atoms with van der Waals surface area (Å²) in [6.45, 7) is 6.81. The molecular weight excluding hydrogens is 345 g/mol.